The molecule has 1 N–H and O–H groups in total. The Hall–Kier alpha value is -3.38. The zero-order valence-electron chi connectivity index (χ0n) is 18.2. The smallest absolute Gasteiger partial charge is 0.331 e. The van der Waals surface area contributed by atoms with Crippen LogP contribution in [0.25, 0.3) is 6.08 Å². The molecule has 0 saturated heterocycles. The summed E-state index contributed by atoms with van der Waals surface area (Å²) < 4.78 is 6.71. The van der Waals surface area contributed by atoms with E-state index in [1.165, 1.54) is 17.2 Å². The van der Waals surface area contributed by atoms with Crippen LogP contribution in [0.1, 0.15) is 27.9 Å². The van der Waals surface area contributed by atoms with Gasteiger partial charge in [-0.3, -0.25) is 4.79 Å². The molecule has 7 heteroatoms. The molecule has 0 unspecified atom stereocenters. The summed E-state index contributed by atoms with van der Waals surface area (Å²) in [5.74, 6) is -0.962. The summed E-state index contributed by atoms with van der Waals surface area (Å²) in [6.07, 6.45) is 3.53. The normalized spacial score (nSPS) is 11.0. The lowest BCUT2D eigenvalue weighted by Crippen LogP contribution is -2.30. The van der Waals surface area contributed by atoms with E-state index in [1.54, 1.807) is 10.8 Å². The Bertz CT molecular complexity index is 1110. The van der Waals surface area contributed by atoms with Crippen molar-refractivity contribution in [3.05, 3.63) is 93.8 Å². The second kappa shape index (κ2) is 11.3. The zero-order valence-corrected chi connectivity index (χ0v) is 18.9. The molecule has 3 rings (SSSR count). The SMILES string of the molecule is Cc1ccccc1CCNC(=O)COC(=O)/C=C/c1c(C)nn(Cc2ccccc2)c1Cl. The fraction of sp³-hybridized carbons (Fsp3) is 0.240. The molecule has 0 aliphatic heterocycles. The Morgan fingerprint density at radius 3 is 2.56 bits per heavy atom. The molecule has 0 aliphatic carbocycles. The van der Waals surface area contributed by atoms with Gasteiger partial charge in [0.25, 0.3) is 5.91 Å². The summed E-state index contributed by atoms with van der Waals surface area (Å²) in [5, 5.41) is 7.63. The highest BCUT2D eigenvalue weighted by atomic mass is 35.5. The molecule has 0 radical (unpaired) electrons. The highest BCUT2D eigenvalue weighted by Gasteiger charge is 2.12. The van der Waals surface area contributed by atoms with Crippen molar-refractivity contribution >= 4 is 29.6 Å². The molecule has 6 nitrogen and oxygen atoms in total. The third-order valence-corrected chi connectivity index (χ3v) is 5.39. The maximum absolute atomic E-state index is 12.0. The van der Waals surface area contributed by atoms with Crippen LogP contribution in [-0.4, -0.2) is 34.8 Å². The van der Waals surface area contributed by atoms with Gasteiger partial charge in [-0.15, -0.1) is 0 Å². The average molecular weight is 452 g/mol. The standard InChI is InChI=1S/C25H26ClN3O3/c1-18-8-6-7-11-21(18)14-15-27-23(30)17-32-24(31)13-12-22-19(2)28-29(25(22)26)16-20-9-4-3-5-10-20/h3-13H,14-17H2,1-2H3,(H,27,30)/b13-12+. The van der Waals surface area contributed by atoms with Crippen molar-refractivity contribution in [3.8, 4) is 0 Å². The van der Waals surface area contributed by atoms with Crippen molar-refractivity contribution in [3.63, 3.8) is 0 Å². The number of esters is 1. The summed E-state index contributed by atoms with van der Waals surface area (Å²) in [7, 11) is 0. The van der Waals surface area contributed by atoms with E-state index in [4.69, 9.17) is 16.3 Å². The van der Waals surface area contributed by atoms with Crippen molar-refractivity contribution in [2.75, 3.05) is 13.2 Å². The third kappa shape index (κ3) is 6.56. The molecule has 1 amide bonds. The van der Waals surface area contributed by atoms with Crippen LogP contribution in [0, 0.1) is 13.8 Å². The van der Waals surface area contributed by atoms with Gasteiger partial charge in [0.05, 0.1) is 12.2 Å². The lowest BCUT2D eigenvalue weighted by atomic mass is 10.1. The molecular weight excluding hydrogens is 426 g/mol. The minimum atomic E-state index is -0.620. The van der Waals surface area contributed by atoms with E-state index in [9.17, 15) is 9.59 Å². The second-order valence-electron chi connectivity index (χ2n) is 7.40. The Morgan fingerprint density at radius 1 is 1.09 bits per heavy atom. The number of nitrogens with one attached hydrogen (secondary N) is 1. The Balaban J connectivity index is 1.47. The number of amides is 1. The molecule has 0 spiro atoms. The van der Waals surface area contributed by atoms with Gasteiger partial charge in [-0.2, -0.15) is 5.10 Å². The van der Waals surface area contributed by atoms with E-state index in [-0.39, 0.29) is 12.5 Å². The predicted octanol–water partition coefficient (Wildman–Crippen LogP) is 4.12. The van der Waals surface area contributed by atoms with Crippen LogP contribution in [0.15, 0.2) is 60.7 Å². The van der Waals surface area contributed by atoms with Gasteiger partial charge in [0.1, 0.15) is 5.15 Å². The summed E-state index contributed by atoms with van der Waals surface area (Å²) in [6.45, 7) is 4.52. The van der Waals surface area contributed by atoms with Crippen LogP contribution < -0.4 is 5.32 Å². The number of nitrogens with zero attached hydrogens (tertiary/aromatic N) is 2. The first-order valence-electron chi connectivity index (χ1n) is 10.4. The average Bonchev–Trinajstić information content (AvgIpc) is 3.05. The number of benzene rings is 2. The predicted molar refractivity (Wildman–Crippen MR) is 125 cm³/mol. The molecule has 166 valence electrons. The second-order valence-corrected chi connectivity index (χ2v) is 7.76. The lowest BCUT2D eigenvalue weighted by molar-refractivity contribution is -0.143. The topological polar surface area (TPSA) is 73.2 Å². The first kappa shape index (κ1) is 23.3. The number of aryl methyl sites for hydroxylation is 2. The van der Waals surface area contributed by atoms with Crippen LogP contribution >= 0.6 is 11.6 Å². The molecule has 3 aromatic rings. The van der Waals surface area contributed by atoms with E-state index < -0.39 is 5.97 Å². The maximum Gasteiger partial charge on any atom is 0.331 e. The van der Waals surface area contributed by atoms with Crippen LogP contribution in [-0.2, 0) is 27.3 Å². The van der Waals surface area contributed by atoms with Crippen LogP contribution in [0.5, 0.6) is 0 Å². The highest BCUT2D eigenvalue weighted by molar-refractivity contribution is 6.31. The fourth-order valence-corrected chi connectivity index (χ4v) is 3.53. The van der Waals surface area contributed by atoms with E-state index in [1.807, 2.05) is 68.4 Å². The number of carbonyl (C=O) groups is 2. The fourth-order valence-electron chi connectivity index (χ4n) is 3.23. The Kier molecular flexibility index (Phi) is 8.22. The number of ether oxygens (including phenoxy) is 1. The van der Waals surface area contributed by atoms with Gasteiger partial charge in [-0.05, 0) is 43.0 Å². The molecule has 0 atom stereocenters. The minimum Gasteiger partial charge on any atom is -0.452 e. The van der Waals surface area contributed by atoms with Crippen molar-refractivity contribution in [2.45, 2.75) is 26.8 Å². The maximum atomic E-state index is 12.0. The van der Waals surface area contributed by atoms with Crippen molar-refractivity contribution in [1.29, 1.82) is 0 Å². The van der Waals surface area contributed by atoms with E-state index in [2.05, 4.69) is 10.4 Å². The minimum absolute atomic E-state index is 0.336. The molecule has 2 aromatic carbocycles. The lowest BCUT2D eigenvalue weighted by Gasteiger charge is -2.07. The van der Waals surface area contributed by atoms with Crippen molar-refractivity contribution in [2.24, 2.45) is 0 Å². The van der Waals surface area contributed by atoms with Gasteiger partial charge in [0.2, 0.25) is 0 Å². The monoisotopic (exact) mass is 451 g/mol. The van der Waals surface area contributed by atoms with Crippen LogP contribution in [0.3, 0.4) is 0 Å². The van der Waals surface area contributed by atoms with Crippen LogP contribution in [0.2, 0.25) is 5.15 Å². The molecular formula is C25H26ClN3O3. The molecule has 0 saturated carbocycles. The summed E-state index contributed by atoms with van der Waals surface area (Å²) in [4.78, 5) is 24.0. The number of halogens is 1. The molecule has 32 heavy (non-hydrogen) atoms. The Labute approximate surface area is 192 Å². The number of hydrogen-bond donors (Lipinski definition) is 1. The van der Waals surface area contributed by atoms with Gasteiger partial charge in [0.15, 0.2) is 6.61 Å². The van der Waals surface area contributed by atoms with E-state index in [0.29, 0.717) is 29.5 Å². The molecule has 0 fully saturated rings. The van der Waals surface area contributed by atoms with E-state index >= 15 is 0 Å². The Morgan fingerprint density at radius 2 is 1.81 bits per heavy atom. The van der Waals surface area contributed by atoms with Gasteiger partial charge in [-0.1, -0.05) is 66.2 Å². The summed E-state index contributed by atoms with van der Waals surface area (Å²) in [5.41, 5.74) is 4.76. The van der Waals surface area contributed by atoms with Crippen molar-refractivity contribution in [1.82, 2.24) is 15.1 Å². The summed E-state index contributed by atoms with van der Waals surface area (Å²) in [6, 6.07) is 17.9. The van der Waals surface area contributed by atoms with Gasteiger partial charge in [-0.25, -0.2) is 9.48 Å². The largest absolute Gasteiger partial charge is 0.452 e. The first-order chi connectivity index (χ1) is 15.4. The number of rotatable bonds is 9. The summed E-state index contributed by atoms with van der Waals surface area (Å²) >= 11 is 6.44. The molecule has 0 bridgehead atoms. The number of carbonyl (C=O) groups excluding carboxylic acids is 2. The van der Waals surface area contributed by atoms with Gasteiger partial charge < -0.3 is 10.1 Å². The zero-order chi connectivity index (χ0) is 22.9. The molecule has 1 heterocycles. The van der Waals surface area contributed by atoms with Gasteiger partial charge >= 0.3 is 5.97 Å². The quantitative estimate of drug-likeness (QED) is 0.392. The highest BCUT2D eigenvalue weighted by Crippen LogP contribution is 2.22. The van der Waals surface area contributed by atoms with Crippen molar-refractivity contribution < 1.29 is 14.3 Å². The van der Waals surface area contributed by atoms with E-state index in [0.717, 1.165) is 12.0 Å². The first-order valence-corrected chi connectivity index (χ1v) is 10.7. The number of hydrogen-bond acceptors (Lipinski definition) is 4. The molecule has 0 aliphatic rings. The van der Waals surface area contributed by atoms with Crippen LogP contribution in [0.4, 0.5) is 0 Å². The van der Waals surface area contributed by atoms with Gasteiger partial charge in [0, 0.05) is 18.2 Å². The molecule has 1 aromatic heterocycles. The number of aromatic nitrogens is 2. The third-order valence-electron chi connectivity index (χ3n) is 4.99.